The Kier molecular flexibility index (Phi) is 1.23. The van der Waals surface area contributed by atoms with Gasteiger partial charge in [0.05, 0.1) is 4.75 Å². The van der Waals surface area contributed by atoms with Crippen molar-refractivity contribution in [2.45, 2.75) is 26.6 Å². The Morgan fingerprint density at radius 1 is 1.67 bits per heavy atom. The van der Waals surface area contributed by atoms with Gasteiger partial charge in [-0.05, 0) is 12.5 Å². The van der Waals surface area contributed by atoms with Gasteiger partial charge in [-0.2, -0.15) is 0 Å². The summed E-state index contributed by atoms with van der Waals surface area (Å²) < 4.78 is 0.0961. The van der Waals surface area contributed by atoms with Crippen molar-refractivity contribution in [1.29, 1.82) is 0 Å². The monoisotopic (exact) mass is 198 g/mol. The van der Waals surface area contributed by atoms with E-state index in [1.807, 2.05) is 23.9 Å². The van der Waals surface area contributed by atoms with Crippen molar-refractivity contribution < 1.29 is 5.11 Å². The Balaban J connectivity index is 1.97. The van der Waals surface area contributed by atoms with E-state index in [0.717, 1.165) is 6.42 Å². The molecular formula is C9H10OS2. The number of hydrogen-bond acceptors (Lipinski definition) is 3. The summed E-state index contributed by atoms with van der Waals surface area (Å²) in [7, 11) is 0. The van der Waals surface area contributed by atoms with Crippen LogP contribution in [0.5, 0.6) is 0 Å². The summed E-state index contributed by atoms with van der Waals surface area (Å²) in [5.41, 5.74) is 0. The van der Waals surface area contributed by atoms with Crippen LogP contribution in [0.15, 0.2) is 24.8 Å². The van der Waals surface area contributed by atoms with Gasteiger partial charge in [-0.3, -0.25) is 0 Å². The fourth-order valence-electron chi connectivity index (χ4n) is 2.08. The first-order valence-electron chi connectivity index (χ1n) is 4.10. The van der Waals surface area contributed by atoms with E-state index in [4.69, 9.17) is 0 Å². The maximum absolute atomic E-state index is 10.0. The molecule has 1 aliphatic carbocycles. The van der Waals surface area contributed by atoms with Gasteiger partial charge in [0.25, 0.3) is 0 Å². The van der Waals surface area contributed by atoms with Crippen LogP contribution < -0.4 is 0 Å². The summed E-state index contributed by atoms with van der Waals surface area (Å²) in [6, 6.07) is 0. The summed E-state index contributed by atoms with van der Waals surface area (Å²) in [4.78, 5) is -0.550. The molecule has 2 heterocycles. The van der Waals surface area contributed by atoms with Crippen LogP contribution in [0, 0.1) is 0 Å². The summed E-state index contributed by atoms with van der Waals surface area (Å²) in [6.07, 6.45) is 6.99. The molecule has 4 atom stereocenters. The number of aliphatic hydroxyl groups is 1. The molecule has 0 radical (unpaired) electrons. The van der Waals surface area contributed by atoms with Gasteiger partial charge in [0.1, 0.15) is 4.93 Å². The third-order valence-corrected chi connectivity index (χ3v) is 6.12. The highest BCUT2D eigenvalue weighted by molar-refractivity contribution is 8.14. The molecule has 0 aromatic rings. The van der Waals surface area contributed by atoms with E-state index >= 15 is 0 Å². The Labute approximate surface area is 80.3 Å². The van der Waals surface area contributed by atoms with Crippen LogP contribution in [0.2, 0.25) is 0 Å². The van der Waals surface area contributed by atoms with Gasteiger partial charge >= 0.3 is 0 Å². The molecule has 0 amide bonds. The van der Waals surface area contributed by atoms with Crippen molar-refractivity contribution >= 4 is 23.5 Å². The zero-order valence-corrected chi connectivity index (χ0v) is 8.20. The number of hydrogen-bond donors (Lipinski definition) is 1. The van der Waals surface area contributed by atoms with Crippen molar-refractivity contribution in [3.63, 3.8) is 0 Å². The first-order chi connectivity index (χ1) is 5.72. The molecule has 2 aliphatic heterocycles. The Bertz CT molecular complexity index is 288. The molecule has 3 heteroatoms. The maximum Gasteiger partial charge on any atom is 0.146 e. The summed E-state index contributed by atoms with van der Waals surface area (Å²) in [6.45, 7) is 3.75. The van der Waals surface area contributed by atoms with Crippen molar-refractivity contribution in [3.05, 3.63) is 24.8 Å². The molecule has 0 aromatic carbocycles. The Morgan fingerprint density at radius 2 is 2.50 bits per heavy atom. The van der Waals surface area contributed by atoms with Gasteiger partial charge in [-0.1, -0.05) is 12.2 Å². The second-order valence-corrected chi connectivity index (χ2v) is 6.44. The van der Waals surface area contributed by atoms with E-state index < -0.39 is 4.93 Å². The van der Waals surface area contributed by atoms with Gasteiger partial charge in [0, 0.05) is 10.5 Å². The minimum atomic E-state index is -0.550. The standard InChI is InChI=1S/C9H10OS2/c1-2-4-8-7-6(11-7)3-5-9(8,10)12-8/h2-3,5-7,10H,1,4H2. The van der Waals surface area contributed by atoms with Crippen LogP contribution in [0.1, 0.15) is 6.42 Å². The third-order valence-electron chi connectivity index (χ3n) is 2.85. The largest absolute Gasteiger partial charge is 0.374 e. The molecule has 2 fully saturated rings. The van der Waals surface area contributed by atoms with E-state index in [2.05, 4.69) is 12.7 Å². The molecule has 0 saturated carbocycles. The first kappa shape index (κ1) is 7.54. The van der Waals surface area contributed by atoms with Crippen LogP contribution >= 0.6 is 23.5 Å². The molecule has 1 N–H and O–H groups in total. The maximum atomic E-state index is 10.0. The lowest BCUT2D eigenvalue weighted by Crippen LogP contribution is -2.32. The normalized spacial score (nSPS) is 58.8. The fourth-order valence-corrected chi connectivity index (χ4v) is 5.18. The number of fused-ring (bicyclic) bond motifs is 3. The van der Waals surface area contributed by atoms with Crippen molar-refractivity contribution in [1.82, 2.24) is 0 Å². The van der Waals surface area contributed by atoms with Crippen LogP contribution in [-0.2, 0) is 0 Å². The SMILES string of the molecule is C=CCC12SC1(O)C=CC1SC12. The minimum absolute atomic E-state index is 0.0961. The van der Waals surface area contributed by atoms with Crippen molar-refractivity contribution in [2.24, 2.45) is 0 Å². The molecule has 0 spiro atoms. The molecule has 0 bridgehead atoms. The average Bonchev–Trinajstić information content (AvgIpc) is 2.82. The second-order valence-electron chi connectivity index (χ2n) is 3.56. The third kappa shape index (κ3) is 0.686. The molecule has 0 aromatic heterocycles. The van der Waals surface area contributed by atoms with Gasteiger partial charge in [-0.25, -0.2) is 0 Å². The molecule has 12 heavy (non-hydrogen) atoms. The smallest absolute Gasteiger partial charge is 0.146 e. The second kappa shape index (κ2) is 1.97. The summed E-state index contributed by atoms with van der Waals surface area (Å²) >= 11 is 3.67. The zero-order valence-electron chi connectivity index (χ0n) is 6.56. The van der Waals surface area contributed by atoms with Crippen LogP contribution in [0.25, 0.3) is 0 Å². The molecular weight excluding hydrogens is 188 g/mol. The van der Waals surface area contributed by atoms with Crippen molar-refractivity contribution in [3.8, 4) is 0 Å². The quantitative estimate of drug-likeness (QED) is 0.539. The Morgan fingerprint density at radius 3 is 3.25 bits per heavy atom. The van der Waals surface area contributed by atoms with Crippen LogP contribution in [0.3, 0.4) is 0 Å². The molecule has 1 nitrogen and oxygen atoms in total. The highest BCUT2D eigenvalue weighted by atomic mass is 32.2. The zero-order chi connectivity index (χ0) is 8.40. The minimum Gasteiger partial charge on any atom is -0.374 e. The summed E-state index contributed by atoms with van der Waals surface area (Å²) in [5, 5.41) is 11.4. The van der Waals surface area contributed by atoms with Gasteiger partial charge in [-0.15, -0.1) is 30.1 Å². The topological polar surface area (TPSA) is 20.2 Å². The Hall–Kier alpha value is 0.140. The highest BCUT2D eigenvalue weighted by Gasteiger charge is 2.77. The number of thioether (sulfide) groups is 2. The molecule has 4 unspecified atom stereocenters. The van der Waals surface area contributed by atoms with Crippen LogP contribution in [-0.4, -0.2) is 25.3 Å². The molecule has 3 rings (SSSR count). The summed E-state index contributed by atoms with van der Waals surface area (Å²) in [5.74, 6) is 0. The van der Waals surface area contributed by atoms with Gasteiger partial charge < -0.3 is 5.11 Å². The average molecular weight is 198 g/mol. The fraction of sp³-hybridized carbons (Fsp3) is 0.556. The van der Waals surface area contributed by atoms with E-state index in [0.29, 0.717) is 10.5 Å². The number of rotatable bonds is 2. The lowest BCUT2D eigenvalue weighted by Gasteiger charge is -2.16. The van der Waals surface area contributed by atoms with E-state index in [1.165, 1.54) is 0 Å². The molecule has 64 valence electrons. The lowest BCUT2D eigenvalue weighted by atomic mass is 9.89. The predicted octanol–water partition coefficient (Wildman–Crippen LogP) is 1.79. The van der Waals surface area contributed by atoms with E-state index in [-0.39, 0.29) is 4.75 Å². The first-order valence-corrected chi connectivity index (χ1v) is 5.86. The van der Waals surface area contributed by atoms with E-state index in [1.54, 1.807) is 11.8 Å². The number of allylic oxidation sites excluding steroid dienone is 1. The lowest BCUT2D eigenvalue weighted by molar-refractivity contribution is 0.183. The van der Waals surface area contributed by atoms with E-state index in [9.17, 15) is 5.11 Å². The highest BCUT2D eigenvalue weighted by Crippen LogP contribution is 2.77. The molecule has 3 aliphatic rings. The van der Waals surface area contributed by atoms with Gasteiger partial charge in [0.2, 0.25) is 0 Å². The van der Waals surface area contributed by atoms with Gasteiger partial charge in [0.15, 0.2) is 0 Å². The molecule has 2 saturated heterocycles. The van der Waals surface area contributed by atoms with Crippen LogP contribution in [0.4, 0.5) is 0 Å². The predicted molar refractivity (Wildman–Crippen MR) is 54.4 cm³/mol. The van der Waals surface area contributed by atoms with Crippen molar-refractivity contribution in [2.75, 3.05) is 0 Å².